The van der Waals surface area contributed by atoms with Gasteiger partial charge in [0.05, 0.1) is 6.42 Å². The van der Waals surface area contributed by atoms with Gasteiger partial charge in [0.15, 0.2) is 0 Å². The summed E-state index contributed by atoms with van der Waals surface area (Å²) >= 11 is 0. The number of phenolic OH excluding ortho intramolecular Hbond substituents is 1. The lowest BCUT2D eigenvalue weighted by molar-refractivity contribution is -0.136. The number of phenols is 1. The lowest BCUT2D eigenvalue weighted by Gasteiger charge is -2.02. The minimum atomic E-state index is -0.877. The molecule has 116 valence electrons. The van der Waals surface area contributed by atoms with Crippen molar-refractivity contribution in [3.8, 4) is 17.2 Å². The second-order valence-corrected chi connectivity index (χ2v) is 4.86. The molecular weight excluding hydrogens is 298 g/mol. The molecule has 0 aliphatic heterocycles. The van der Waals surface area contributed by atoms with Gasteiger partial charge < -0.3 is 19.9 Å². The molecule has 0 unspecified atom stereocenters. The van der Waals surface area contributed by atoms with E-state index in [0.717, 1.165) is 0 Å². The van der Waals surface area contributed by atoms with E-state index in [2.05, 4.69) is 15.5 Å². The molecular formula is C16H13N3O4. The Bertz CT molecular complexity index is 827. The van der Waals surface area contributed by atoms with Gasteiger partial charge in [0.1, 0.15) is 5.75 Å². The summed E-state index contributed by atoms with van der Waals surface area (Å²) in [4.78, 5) is 10.6. The topological polar surface area (TPSA) is 108 Å². The zero-order valence-electron chi connectivity index (χ0n) is 11.9. The number of aliphatic carboxylic acids is 1. The van der Waals surface area contributed by atoms with Crippen molar-refractivity contribution in [2.75, 3.05) is 5.32 Å². The Labute approximate surface area is 131 Å². The number of nitrogens with one attached hydrogen (secondary N) is 1. The predicted molar refractivity (Wildman–Crippen MR) is 82.5 cm³/mol. The third-order valence-corrected chi connectivity index (χ3v) is 3.08. The molecule has 1 heterocycles. The summed E-state index contributed by atoms with van der Waals surface area (Å²) in [5.41, 5.74) is 2.02. The van der Waals surface area contributed by atoms with Crippen LogP contribution in [-0.4, -0.2) is 26.4 Å². The number of hydrogen-bond acceptors (Lipinski definition) is 6. The number of hydrogen-bond donors (Lipinski definition) is 3. The Balaban J connectivity index is 1.73. The van der Waals surface area contributed by atoms with Gasteiger partial charge in [-0.1, -0.05) is 23.3 Å². The van der Waals surface area contributed by atoms with Gasteiger partial charge in [-0.05, 0) is 35.9 Å². The third kappa shape index (κ3) is 3.65. The smallest absolute Gasteiger partial charge is 0.320 e. The maximum Gasteiger partial charge on any atom is 0.320 e. The number of rotatable bonds is 5. The molecule has 7 nitrogen and oxygen atoms in total. The summed E-state index contributed by atoms with van der Waals surface area (Å²) in [6.45, 7) is 0. The van der Waals surface area contributed by atoms with Gasteiger partial charge in [0, 0.05) is 11.3 Å². The van der Waals surface area contributed by atoms with Crippen LogP contribution in [0.15, 0.2) is 52.9 Å². The maximum atomic E-state index is 10.6. The highest BCUT2D eigenvalue weighted by atomic mass is 16.4. The van der Waals surface area contributed by atoms with Gasteiger partial charge >= 0.3 is 12.0 Å². The molecule has 23 heavy (non-hydrogen) atoms. The summed E-state index contributed by atoms with van der Waals surface area (Å²) in [7, 11) is 0. The van der Waals surface area contributed by atoms with Crippen LogP contribution in [-0.2, 0) is 11.2 Å². The normalized spacial score (nSPS) is 10.4. The van der Waals surface area contributed by atoms with E-state index in [1.165, 1.54) is 6.07 Å². The third-order valence-electron chi connectivity index (χ3n) is 3.08. The van der Waals surface area contributed by atoms with E-state index in [0.29, 0.717) is 16.8 Å². The molecule has 2 aromatic carbocycles. The van der Waals surface area contributed by atoms with Crippen LogP contribution in [0.3, 0.4) is 0 Å². The van der Waals surface area contributed by atoms with Crippen molar-refractivity contribution >= 4 is 17.7 Å². The van der Waals surface area contributed by atoms with E-state index >= 15 is 0 Å². The molecule has 3 aromatic rings. The average molecular weight is 311 g/mol. The van der Waals surface area contributed by atoms with Crippen molar-refractivity contribution in [3.63, 3.8) is 0 Å². The van der Waals surface area contributed by atoms with Crippen LogP contribution in [0.5, 0.6) is 5.75 Å². The highest BCUT2D eigenvalue weighted by Gasteiger charge is 2.09. The number of benzene rings is 2. The molecule has 3 rings (SSSR count). The van der Waals surface area contributed by atoms with Crippen molar-refractivity contribution in [3.05, 3.63) is 54.1 Å². The first-order valence-corrected chi connectivity index (χ1v) is 6.81. The fourth-order valence-corrected chi connectivity index (χ4v) is 2.03. The Morgan fingerprint density at radius 3 is 2.61 bits per heavy atom. The lowest BCUT2D eigenvalue weighted by Crippen LogP contribution is -1.99. The van der Waals surface area contributed by atoms with Crippen molar-refractivity contribution in [2.24, 2.45) is 0 Å². The van der Waals surface area contributed by atoms with Crippen molar-refractivity contribution in [2.45, 2.75) is 6.42 Å². The minimum Gasteiger partial charge on any atom is -0.508 e. The molecule has 0 fully saturated rings. The largest absolute Gasteiger partial charge is 0.508 e. The SMILES string of the molecule is O=C(O)Cc1ccc(Nc2nnc(-c3cccc(O)c3)o2)cc1. The Morgan fingerprint density at radius 2 is 1.91 bits per heavy atom. The van der Waals surface area contributed by atoms with E-state index < -0.39 is 5.97 Å². The number of carboxylic acids is 1. The Hall–Kier alpha value is -3.35. The van der Waals surface area contributed by atoms with Gasteiger partial charge in [-0.15, -0.1) is 5.10 Å². The molecule has 0 saturated heterocycles. The second-order valence-electron chi connectivity index (χ2n) is 4.86. The first-order chi connectivity index (χ1) is 11.1. The van der Waals surface area contributed by atoms with Crippen molar-refractivity contribution in [1.82, 2.24) is 10.2 Å². The van der Waals surface area contributed by atoms with Crippen LogP contribution in [0, 0.1) is 0 Å². The monoisotopic (exact) mass is 311 g/mol. The fourth-order valence-electron chi connectivity index (χ4n) is 2.03. The van der Waals surface area contributed by atoms with Crippen LogP contribution in [0.2, 0.25) is 0 Å². The Kier molecular flexibility index (Phi) is 3.92. The number of anilines is 2. The van der Waals surface area contributed by atoms with E-state index in [4.69, 9.17) is 9.52 Å². The minimum absolute atomic E-state index is 0.0253. The van der Waals surface area contributed by atoms with E-state index in [9.17, 15) is 9.90 Å². The van der Waals surface area contributed by atoms with Crippen molar-refractivity contribution < 1.29 is 19.4 Å². The molecule has 0 spiro atoms. The molecule has 3 N–H and O–H groups in total. The lowest BCUT2D eigenvalue weighted by atomic mass is 10.1. The average Bonchev–Trinajstić information content (AvgIpc) is 2.97. The Morgan fingerprint density at radius 1 is 1.13 bits per heavy atom. The van der Waals surface area contributed by atoms with Crippen LogP contribution < -0.4 is 5.32 Å². The van der Waals surface area contributed by atoms with Crippen LogP contribution in [0.25, 0.3) is 11.5 Å². The molecule has 0 aliphatic carbocycles. The highest BCUT2D eigenvalue weighted by Crippen LogP contribution is 2.24. The first-order valence-electron chi connectivity index (χ1n) is 6.81. The van der Waals surface area contributed by atoms with Gasteiger partial charge in [0.2, 0.25) is 5.89 Å². The van der Waals surface area contributed by atoms with Crippen LogP contribution in [0.4, 0.5) is 11.7 Å². The predicted octanol–water partition coefficient (Wildman–Crippen LogP) is 2.81. The molecule has 0 saturated carbocycles. The number of nitrogens with zero attached hydrogens (tertiary/aromatic N) is 2. The van der Waals surface area contributed by atoms with Crippen molar-refractivity contribution in [1.29, 1.82) is 0 Å². The van der Waals surface area contributed by atoms with E-state index in [-0.39, 0.29) is 24.1 Å². The quantitative estimate of drug-likeness (QED) is 0.664. The van der Waals surface area contributed by atoms with Crippen LogP contribution >= 0.6 is 0 Å². The standard InChI is InChI=1S/C16H13N3O4/c20-13-3-1-2-11(9-13)15-18-19-16(23-15)17-12-6-4-10(5-7-12)8-14(21)22/h1-7,9,20H,8H2,(H,17,19)(H,21,22). The van der Waals surface area contributed by atoms with E-state index in [1.807, 2.05) is 0 Å². The van der Waals surface area contributed by atoms with Gasteiger partial charge in [-0.2, -0.15) is 0 Å². The summed E-state index contributed by atoms with van der Waals surface area (Å²) in [6.07, 6.45) is -0.0253. The van der Waals surface area contributed by atoms with E-state index in [1.54, 1.807) is 42.5 Å². The highest BCUT2D eigenvalue weighted by molar-refractivity contribution is 5.70. The fraction of sp³-hybridized carbons (Fsp3) is 0.0625. The van der Waals surface area contributed by atoms with Gasteiger partial charge in [0.25, 0.3) is 0 Å². The molecule has 7 heteroatoms. The molecule has 0 radical (unpaired) electrons. The van der Waals surface area contributed by atoms with Gasteiger partial charge in [-0.3, -0.25) is 4.79 Å². The summed E-state index contributed by atoms with van der Waals surface area (Å²) in [5.74, 6) is -0.478. The number of aromatic nitrogens is 2. The number of carboxylic acid groups (broad SMARTS) is 1. The molecule has 0 atom stereocenters. The number of aromatic hydroxyl groups is 1. The summed E-state index contributed by atoms with van der Waals surface area (Å²) in [5, 5.41) is 28.9. The van der Waals surface area contributed by atoms with Gasteiger partial charge in [-0.25, -0.2) is 0 Å². The number of carbonyl (C=O) groups is 1. The molecule has 0 bridgehead atoms. The molecule has 0 amide bonds. The zero-order chi connectivity index (χ0) is 16.2. The summed E-state index contributed by atoms with van der Waals surface area (Å²) < 4.78 is 5.48. The first kappa shape index (κ1) is 14.6. The van der Waals surface area contributed by atoms with Crippen LogP contribution in [0.1, 0.15) is 5.56 Å². The maximum absolute atomic E-state index is 10.6. The summed E-state index contributed by atoms with van der Waals surface area (Å²) in [6, 6.07) is 13.6. The molecule has 1 aromatic heterocycles. The second kappa shape index (κ2) is 6.18. The zero-order valence-corrected chi connectivity index (χ0v) is 11.9. The molecule has 0 aliphatic rings.